The first kappa shape index (κ1) is 15.6. The van der Waals surface area contributed by atoms with E-state index in [-0.39, 0.29) is 5.91 Å². The van der Waals surface area contributed by atoms with Gasteiger partial charge in [0, 0.05) is 18.1 Å². The molecule has 0 heterocycles. The van der Waals surface area contributed by atoms with Crippen LogP contribution in [0.4, 0.5) is 0 Å². The molecule has 0 spiro atoms. The van der Waals surface area contributed by atoms with Crippen molar-refractivity contribution in [2.75, 3.05) is 13.7 Å². The summed E-state index contributed by atoms with van der Waals surface area (Å²) in [4.78, 5) is 13.8. The third-order valence-corrected chi connectivity index (χ3v) is 3.89. The van der Waals surface area contributed by atoms with Crippen LogP contribution in [0.25, 0.3) is 0 Å². The third-order valence-electron chi connectivity index (χ3n) is 3.12. The molecule has 21 heavy (non-hydrogen) atoms. The van der Waals surface area contributed by atoms with Crippen LogP contribution in [0.15, 0.2) is 59.1 Å². The highest BCUT2D eigenvalue weighted by molar-refractivity contribution is 9.10. The van der Waals surface area contributed by atoms with Gasteiger partial charge in [-0.15, -0.1) is 0 Å². The van der Waals surface area contributed by atoms with Gasteiger partial charge in [0.2, 0.25) is 5.91 Å². The van der Waals surface area contributed by atoms with Gasteiger partial charge < -0.3 is 9.64 Å². The number of halogens is 1. The zero-order valence-electron chi connectivity index (χ0n) is 12.0. The lowest BCUT2D eigenvalue weighted by Crippen LogP contribution is -2.27. The predicted octanol–water partition coefficient (Wildman–Crippen LogP) is 3.88. The summed E-state index contributed by atoms with van der Waals surface area (Å²) < 4.78 is 6.56. The van der Waals surface area contributed by atoms with Crippen molar-refractivity contribution in [1.29, 1.82) is 0 Å². The molecule has 0 aliphatic rings. The van der Waals surface area contributed by atoms with Gasteiger partial charge in [-0.3, -0.25) is 4.79 Å². The van der Waals surface area contributed by atoms with Crippen LogP contribution in [0.5, 0.6) is 5.75 Å². The molecule has 2 aromatic rings. The maximum atomic E-state index is 12.1. The van der Waals surface area contributed by atoms with Crippen LogP contribution < -0.4 is 4.74 Å². The number of nitrogens with zero attached hydrogens (tertiary/aromatic N) is 1. The van der Waals surface area contributed by atoms with Gasteiger partial charge in [-0.05, 0) is 23.8 Å². The molecule has 2 aromatic carbocycles. The number of rotatable bonds is 6. The maximum Gasteiger partial charge on any atom is 0.226 e. The summed E-state index contributed by atoms with van der Waals surface area (Å²) in [5, 5.41) is 0. The summed E-state index contributed by atoms with van der Waals surface area (Å²) in [6.07, 6.45) is 0.371. The first-order valence-electron chi connectivity index (χ1n) is 6.82. The van der Waals surface area contributed by atoms with Crippen molar-refractivity contribution < 1.29 is 9.53 Å². The molecule has 0 N–H and O–H groups in total. The van der Waals surface area contributed by atoms with Crippen molar-refractivity contribution in [3.8, 4) is 5.75 Å². The average molecular weight is 348 g/mol. The van der Waals surface area contributed by atoms with E-state index in [2.05, 4.69) is 15.9 Å². The molecule has 2 rings (SSSR count). The Bertz CT molecular complexity index is 586. The largest absolute Gasteiger partial charge is 0.493 e. The van der Waals surface area contributed by atoms with Crippen molar-refractivity contribution in [3.63, 3.8) is 0 Å². The van der Waals surface area contributed by atoms with Crippen LogP contribution in [0.1, 0.15) is 12.0 Å². The fourth-order valence-electron chi connectivity index (χ4n) is 1.93. The first-order valence-corrected chi connectivity index (χ1v) is 7.61. The number of amides is 1. The van der Waals surface area contributed by atoms with E-state index in [0.29, 0.717) is 19.6 Å². The Morgan fingerprint density at radius 1 is 1.10 bits per heavy atom. The van der Waals surface area contributed by atoms with Gasteiger partial charge in [0.15, 0.2) is 0 Å². The van der Waals surface area contributed by atoms with Crippen molar-refractivity contribution >= 4 is 21.8 Å². The zero-order chi connectivity index (χ0) is 15.1. The monoisotopic (exact) mass is 347 g/mol. The van der Waals surface area contributed by atoms with E-state index >= 15 is 0 Å². The van der Waals surface area contributed by atoms with Crippen molar-refractivity contribution in [2.45, 2.75) is 13.0 Å². The minimum Gasteiger partial charge on any atom is -0.493 e. The predicted molar refractivity (Wildman–Crippen MR) is 87.2 cm³/mol. The summed E-state index contributed by atoms with van der Waals surface area (Å²) in [6, 6.07) is 17.4. The Labute approximate surface area is 133 Å². The van der Waals surface area contributed by atoms with Gasteiger partial charge in [0.25, 0.3) is 0 Å². The minimum atomic E-state index is 0.0710. The molecule has 4 heteroatoms. The van der Waals surface area contributed by atoms with Gasteiger partial charge in [-0.1, -0.05) is 52.3 Å². The van der Waals surface area contributed by atoms with E-state index in [4.69, 9.17) is 4.74 Å². The molecule has 0 aliphatic heterocycles. The quantitative estimate of drug-likeness (QED) is 0.793. The zero-order valence-corrected chi connectivity index (χ0v) is 13.5. The van der Waals surface area contributed by atoms with Crippen molar-refractivity contribution in [2.24, 2.45) is 0 Å². The molecule has 3 nitrogen and oxygen atoms in total. The van der Waals surface area contributed by atoms with Crippen LogP contribution >= 0.6 is 15.9 Å². The lowest BCUT2D eigenvalue weighted by molar-refractivity contribution is -0.130. The molecular formula is C17H18BrNO2. The molecule has 0 unspecified atom stereocenters. The van der Waals surface area contributed by atoms with Crippen LogP contribution in [0, 0.1) is 0 Å². The molecular weight excluding hydrogens is 330 g/mol. The Kier molecular flexibility index (Phi) is 5.81. The Morgan fingerprint density at radius 3 is 2.48 bits per heavy atom. The highest BCUT2D eigenvalue weighted by atomic mass is 79.9. The number of ether oxygens (including phenoxy) is 1. The SMILES string of the molecule is CN(Cc1ccccc1Br)C(=O)CCOc1ccccc1. The molecule has 0 radical (unpaired) electrons. The summed E-state index contributed by atoms with van der Waals surface area (Å²) in [7, 11) is 1.81. The second-order valence-electron chi connectivity index (χ2n) is 4.75. The number of hydrogen-bond donors (Lipinski definition) is 0. The number of carbonyl (C=O) groups is 1. The summed E-state index contributed by atoms with van der Waals surface area (Å²) in [6.45, 7) is 0.981. The third kappa shape index (κ3) is 4.90. The smallest absolute Gasteiger partial charge is 0.226 e. The average Bonchev–Trinajstić information content (AvgIpc) is 2.50. The van der Waals surface area contributed by atoms with Crippen LogP contribution in [-0.2, 0) is 11.3 Å². The van der Waals surface area contributed by atoms with Gasteiger partial charge in [-0.25, -0.2) is 0 Å². The van der Waals surface area contributed by atoms with Crippen molar-refractivity contribution in [3.05, 3.63) is 64.6 Å². The second kappa shape index (κ2) is 7.84. The van der Waals surface area contributed by atoms with Gasteiger partial charge >= 0.3 is 0 Å². The molecule has 0 bridgehead atoms. The normalized spacial score (nSPS) is 10.2. The van der Waals surface area contributed by atoms with Gasteiger partial charge in [-0.2, -0.15) is 0 Å². The molecule has 0 atom stereocenters. The summed E-state index contributed by atoms with van der Waals surface area (Å²) in [5.74, 6) is 0.862. The molecule has 0 aliphatic carbocycles. The number of para-hydroxylation sites is 1. The van der Waals surface area contributed by atoms with E-state index in [0.717, 1.165) is 15.8 Å². The maximum absolute atomic E-state index is 12.1. The second-order valence-corrected chi connectivity index (χ2v) is 5.61. The molecule has 0 saturated heterocycles. The Hall–Kier alpha value is -1.81. The molecule has 1 amide bonds. The summed E-state index contributed by atoms with van der Waals surface area (Å²) >= 11 is 3.49. The number of hydrogen-bond acceptors (Lipinski definition) is 2. The van der Waals surface area contributed by atoms with E-state index in [9.17, 15) is 4.79 Å². The van der Waals surface area contributed by atoms with Crippen molar-refractivity contribution in [1.82, 2.24) is 4.90 Å². The Balaban J connectivity index is 1.79. The van der Waals surface area contributed by atoms with Crippen LogP contribution in [-0.4, -0.2) is 24.5 Å². The fourth-order valence-corrected chi connectivity index (χ4v) is 2.34. The lowest BCUT2D eigenvalue weighted by atomic mass is 10.2. The van der Waals surface area contributed by atoms with Crippen LogP contribution in [0.3, 0.4) is 0 Å². The number of benzene rings is 2. The standard InChI is InChI=1S/C17H18BrNO2/c1-19(13-14-7-5-6-10-16(14)18)17(20)11-12-21-15-8-3-2-4-9-15/h2-10H,11-13H2,1H3. The molecule has 110 valence electrons. The van der Waals surface area contributed by atoms with E-state index in [1.54, 1.807) is 4.90 Å². The topological polar surface area (TPSA) is 29.5 Å². The van der Waals surface area contributed by atoms with E-state index in [1.807, 2.05) is 61.6 Å². The molecule has 0 fully saturated rings. The highest BCUT2D eigenvalue weighted by Crippen LogP contribution is 2.17. The number of carbonyl (C=O) groups excluding carboxylic acids is 1. The Morgan fingerprint density at radius 2 is 1.76 bits per heavy atom. The fraction of sp³-hybridized carbons (Fsp3) is 0.235. The highest BCUT2D eigenvalue weighted by Gasteiger charge is 2.10. The summed E-state index contributed by atoms with van der Waals surface area (Å²) in [5.41, 5.74) is 1.09. The van der Waals surface area contributed by atoms with Gasteiger partial charge in [0.1, 0.15) is 5.75 Å². The van der Waals surface area contributed by atoms with Crippen LogP contribution in [0.2, 0.25) is 0 Å². The molecule has 0 saturated carbocycles. The van der Waals surface area contributed by atoms with E-state index in [1.165, 1.54) is 0 Å². The molecule has 0 aromatic heterocycles. The van der Waals surface area contributed by atoms with E-state index < -0.39 is 0 Å². The van der Waals surface area contributed by atoms with Gasteiger partial charge in [0.05, 0.1) is 13.0 Å². The first-order chi connectivity index (χ1) is 10.2. The lowest BCUT2D eigenvalue weighted by Gasteiger charge is -2.18. The minimum absolute atomic E-state index is 0.0710.